The average molecular weight is 324 g/mol. The number of carbonyl (C=O) groups is 1. The standard InChI is InChI=1S/C14H20N4O5/c1-10(15)2-5-23-13-8-11(16-9-12(13)18(20)21)14(19)17-3-6-22-7-4-17/h8-10H,2-7,15H2,1H3. The van der Waals surface area contributed by atoms with Crippen molar-refractivity contribution in [2.45, 2.75) is 19.4 Å². The quantitative estimate of drug-likeness (QED) is 0.600. The van der Waals surface area contributed by atoms with E-state index in [4.69, 9.17) is 15.2 Å². The molecule has 1 aromatic rings. The maximum absolute atomic E-state index is 12.4. The van der Waals surface area contributed by atoms with E-state index in [0.717, 1.165) is 6.20 Å². The molecule has 1 saturated heterocycles. The van der Waals surface area contributed by atoms with E-state index < -0.39 is 4.92 Å². The molecule has 0 aliphatic carbocycles. The van der Waals surface area contributed by atoms with Crippen LogP contribution in [0.5, 0.6) is 5.75 Å². The maximum Gasteiger partial charge on any atom is 0.329 e. The van der Waals surface area contributed by atoms with Crippen molar-refractivity contribution < 1.29 is 19.2 Å². The first-order valence-electron chi connectivity index (χ1n) is 7.39. The van der Waals surface area contributed by atoms with Gasteiger partial charge in [0.2, 0.25) is 5.75 Å². The highest BCUT2D eigenvalue weighted by Gasteiger charge is 2.24. The number of nitrogens with two attached hydrogens (primary N) is 1. The van der Waals surface area contributed by atoms with Crippen LogP contribution in [0.3, 0.4) is 0 Å². The van der Waals surface area contributed by atoms with Crippen LogP contribution in [0, 0.1) is 10.1 Å². The Labute approximate surface area is 133 Å². The Kier molecular flexibility index (Phi) is 5.83. The molecule has 0 aromatic carbocycles. The van der Waals surface area contributed by atoms with E-state index in [-0.39, 0.29) is 35.7 Å². The number of nitrogens with zero attached hydrogens (tertiary/aromatic N) is 3. The first kappa shape index (κ1) is 17.1. The Morgan fingerprint density at radius 3 is 2.87 bits per heavy atom. The van der Waals surface area contributed by atoms with Gasteiger partial charge in [0, 0.05) is 25.2 Å². The van der Waals surface area contributed by atoms with Gasteiger partial charge in [0.25, 0.3) is 5.91 Å². The molecule has 1 aromatic heterocycles. The van der Waals surface area contributed by atoms with Gasteiger partial charge in [-0.2, -0.15) is 0 Å². The summed E-state index contributed by atoms with van der Waals surface area (Å²) in [6.07, 6.45) is 1.60. The van der Waals surface area contributed by atoms with Crippen molar-refractivity contribution in [2.75, 3.05) is 32.9 Å². The van der Waals surface area contributed by atoms with Crippen molar-refractivity contribution in [1.29, 1.82) is 0 Å². The van der Waals surface area contributed by atoms with Crippen molar-refractivity contribution in [3.63, 3.8) is 0 Å². The highest BCUT2D eigenvalue weighted by Crippen LogP contribution is 2.27. The number of pyridine rings is 1. The van der Waals surface area contributed by atoms with E-state index in [1.807, 2.05) is 6.92 Å². The molecule has 0 saturated carbocycles. The third-order valence-electron chi connectivity index (χ3n) is 3.39. The third-order valence-corrected chi connectivity index (χ3v) is 3.39. The summed E-state index contributed by atoms with van der Waals surface area (Å²) >= 11 is 0. The van der Waals surface area contributed by atoms with Gasteiger partial charge in [0.15, 0.2) is 0 Å². The number of carbonyl (C=O) groups excluding carboxylic acids is 1. The van der Waals surface area contributed by atoms with Gasteiger partial charge < -0.3 is 20.1 Å². The lowest BCUT2D eigenvalue weighted by Crippen LogP contribution is -2.41. The lowest BCUT2D eigenvalue weighted by molar-refractivity contribution is -0.386. The van der Waals surface area contributed by atoms with Gasteiger partial charge in [-0.1, -0.05) is 0 Å². The van der Waals surface area contributed by atoms with Gasteiger partial charge in [-0.3, -0.25) is 14.9 Å². The summed E-state index contributed by atoms with van der Waals surface area (Å²) in [5.41, 5.74) is 5.48. The largest absolute Gasteiger partial charge is 0.487 e. The van der Waals surface area contributed by atoms with Crippen LogP contribution in [0.2, 0.25) is 0 Å². The van der Waals surface area contributed by atoms with E-state index in [2.05, 4.69) is 4.98 Å². The summed E-state index contributed by atoms with van der Waals surface area (Å²) in [5.74, 6) is -0.262. The predicted octanol–water partition coefficient (Wildman–Crippen LogP) is 0.578. The SMILES string of the molecule is CC(N)CCOc1cc(C(=O)N2CCOCC2)ncc1[N+](=O)[O-]. The molecule has 1 unspecified atom stereocenters. The minimum Gasteiger partial charge on any atom is -0.487 e. The molecule has 1 fully saturated rings. The highest BCUT2D eigenvalue weighted by atomic mass is 16.6. The summed E-state index contributed by atoms with van der Waals surface area (Å²) in [6, 6.07) is 1.24. The van der Waals surface area contributed by atoms with Crippen LogP contribution < -0.4 is 10.5 Å². The topological polar surface area (TPSA) is 121 Å². The minimum absolute atomic E-state index is 0.0299. The van der Waals surface area contributed by atoms with Gasteiger partial charge in [-0.25, -0.2) is 4.98 Å². The van der Waals surface area contributed by atoms with Gasteiger partial charge in [0.1, 0.15) is 11.9 Å². The molecule has 1 amide bonds. The van der Waals surface area contributed by atoms with E-state index >= 15 is 0 Å². The Balaban J connectivity index is 2.17. The minimum atomic E-state index is -0.586. The summed E-state index contributed by atoms with van der Waals surface area (Å²) in [5, 5.41) is 11.1. The Hall–Kier alpha value is -2.26. The molecule has 1 atom stereocenters. The van der Waals surface area contributed by atoms with Gasteiger partial charge >= 0.3 is 5.69 Å². The molecular formula is C14H20N4O5. The van der Waals surface area contributed by atoms with Crippen LogP contribution in [0.15, 0.2) is 12.3 Å². The number of nitro groups is 1. The Morgan fingerprint density at radius 2 is 2.26 bits per heavy atom. The molecule has 9 heteroatoms. The van der Waals surface area contributed by atoms with Crippen LogP contribution >= 0.6 is 0 Å². The number of morpholine rings is 1. The van der Waals surface area contributed by atoms with Gasteiger partial charge in [-0.15, -0.1) is 0 Å². The molecular weight excluding hydrogens is 304 g/mol. The van der Waals surface area contributed by atoms with Crippen molar-refractivity contribution in [3.8, 4) is 5.75 Å². The molecule has 1 aliphatic heterocycles. The molecule has 23 heavy (non-hydrogen) atoms. The number of rotatable bonds is 6. The van der Waals surface area contributed by atoms with E-state index in [0.29, 0.717) is 32.7 Å². The second-order valence-electron chi connectivity index (χ2n) is 5.31. The van der Waals surface area contributed by atoms with Gasteiger partial charge in [-0.05, 0) is 13.3 Å². The second kappa shape index (κ2) is 7.84. The highest BCUT2D eigenvalue weighted by molar-refractivity contribution is 5.93. The Morgan fingerprint density at radius 1 is 1.57 bits per heavy atom. The van der Waals surface area contributed by atoms with Crippen LogP contribution in [0.25, 0.3) is 0 Å². The molecule has 2 rings (SSSR count). The van der Waals surface area contributed by atoms with E-state index in [9.17, 15) is 14.9 Å². The molecule has 0 spiro atoms. The first-order valence-corrected chi connectivity index (χ1v) is 7.39. The molecule has 2 N–H and O–H groups in total. The lowest BCUT2D eigenvalue weighted by Gasteiger charge is -2.26. The predicted molar refractivity (Wildman–Crippen MR) is 81.4 cm³/mol. The fourth-order valence-corrected chi connectivity index (χ4v) is 2.08. The number of hydrogen-bond donors (Lipinski definition) is 1. The smallest absolute Gasteiger partial charge is 0.329 e. The number of amides is 1. The second-order valence-corrected chi connectivity index (χ2v) is 5.31. The van der Waals surface area contributed by atoms with Crippen molar-refractivity contribution in [2.24, 2.45) is 5.73 Å². The first-order chi connectivity index (χ1) is 11.0. The molecule has 1 aliphatic rings. The van der Waals surface area contributed by atoms with Crippen LogP contribution in [0.4, 0.5) is 5.69 Å². The number of hydrogen-bond acceptors (Lipinski definition) is 7. The van der Waals surface area contributed by atoms with Crippen LogP contribution in [-0.2, 0) is 4.74 Å². The van der Waals surface area contributed by atoms with Crippen LogP contribution in [-0.4, -0.2) is 59.7 Å². The van der Waals surface area contributed by atoms with Gasteiger partial charge in [0.05, 0.1) is 24.7 Å². The van der Waals surface area contributed by atoms with Crippen LogP contribution in [0.1, 0.15) is 23.8 Å². The zero-order valence-corrected chi connectivity index (χ0v) is 12.9. The maximum atomic E-state index is 12.4. The average Bonchev–Trinajstić information content (AvgIpc) is 2.54. The monoisotopic (exact) mass is 324 g/mol. The fraction of sp³-hybridized carbons (Fsp3) is 0.571. The lowest BCUT2D eigenvalue weighted by atomic mass is 10.2. The fourth-order valence-electron chi connectivity index (χ4n) is 2.08. The van der Waals surface area contributed by atoms with E-state index in [1.165, 1.54) is 6.07 Å². The zero-order valence-electron chi connectivity index (χ0n) is 12.9. The molecule has 2 heterocycles. The molecule has 9 nitrogen and oxygen atoms in total. The van der Waals surface area contributed by atoms with Crippen molar-refractivity contribution in [3.05, 3.63) is 28.1 Å². The molecule has 0 bridgehead atoms. The van der Waals surface area contributed by atoms with Crippen molar-refractivity contribution >= 4 is 11.6 Å². The zero-order chi connectivity index (χ0) is 16.8. The van der Waals surface area contributed by atoms with Crippen molar-refractivity contribution in [1.82, 2.24) is 9.88 Å². The normalized spacial score (nSPS) is 16.0. The summed E-state index contributed by atoms with van der Waals surface area (Å²) < 4.78 is 10.6. The Bertz CT molecular complexity index is 572. The summed E-state index contributed by atoms with van der Waals surface area (Å²) in [6.45, 7) is 3.93. The summed E-state index contributed by atoms with van der Waals surface area (Å²) in [7, 11) is 0. The third kappa shape index (κ3) is 4.60. The number of ether oxygens (including phenoxy) is 2. The summed E-state index contributed by atoms with van der Waals surface area (Å²) in [4.78, 5) is 28.3. The molecule has 126 valence electrons. The number of aromatic nitrogens is 1. The van der Waals surface area contributed by atoms with E-state index in [1.54, 1.807) is 4.90 Å². The molecule has 0 radical (unpaired) electrons.